The number of hydrogen-bond acceptors (Lipinski definition) is 4. The van der Waals surface area contributed by atoms with E-state index in [-0.39, 0.29) is 44.4 Å². The summed E-state index contributed by atoms with van der Waals surface area (Å²) in [7, 11) is 0. The molecule has 0 aliphatic heterocycles. The van der Waals surface area contributed by atoms with E-state index >= 15 is 0 Å². The van der Waals surface area contributed by atoms with E-state index in [1.54, 1.807) is 13.8 Å². The lowest BCUT2D eigenvalue weighted by molar-refractivity contribution is 0.0494. The van der Waals surface area contributed by atoms with Gasteiger partial charge in [0.1, 0.15) is 13.2 Å². The molecule has 0 N–H and O–H groups in total. The van der Waals surface area contributed by atoms with Gasteiger partial charge < -0.3 is 9.47 Å². The second kappa shape index (κ2) is 8.77. The Morgan fingerprint density at radius 1 is 0.750 bits per heavy atom. The lowest BCUT2D eigenvalue weighted by Gasteiger charge is -2.15. The molecule has 0 fully saturated rings. The minimum absolute atomic E-state index is 0.0622. The van der Waals surface area contributed by atoms with Gasteiger partial charge in [-0.1, -0.05) is 59.6 Å². The Kier molecular flexibility index (Phi) is 7.61. The summed E-state index contributed by atoms with van der Waals surface area (Å²) in [6.45, 7) is 10.4. The Bertz CT molecular complexity index is 665. The third-order valence-electron chi connectivity index (χ3n) is 2.57. The summed E-state index contributed by atoms with van der Waals surface area (Å²) >= 11 is 24.1. The normalized spacial score (nSPS) is 10.2. The molecule has 0 bridgehead atoms. The van der Waals surface area contributed by atoms with Gasteiger partial charge in [-0.2, -0.15) is 0 Å². The molecule has 0 atom stereocenters. The Balaban J connectivity index is 3.43. The number of hydrogen-bond donors (Lipinski definition) is 0. The molecule has 0 radical (unpaired) electrons. The molecule has 0 aliphatic rings. The van der Waals surface area contributed by atoms with Crippen molar-refractivity contribution in [2.45, 2.75) is 13.8 Å². The van der Waals surface area contributed by atoms with E-state index in [2.05, 4.69) is 13.2 Å². The van der Waals surface area contributed by atoms with Gasteiger partial charge in [0.15, 0.2) is 0 Å². The maximum Gasteiger partial charge on any atom is 0.340 e. The molecule has 0 amide bonds. The van der Waals surface area contributed by atoms with Crippen LogP contribution in [-0.4, -0.2) is 25.2 Å². The predicted molar refractivity (Wildman–Crippen MR) is 96.7 cm³/mol. The van der Waals surface area contributed by atoms with E-state index in [0.29, 0.717) is 11.1 Å². The van der Waals surface area contributed by atoms with Crippen molar-refractivity contribution >= 4 is 58.3 Å². The monoisotopic (exact) mass is 410 g/mol. The molecule has 24 heavy (non-hydrogen) atoms. The van der Waals surface area contributed by atoms with E-state index in [9.17, 15) is 9.59 Å². The molecule has 0 spiro atoms. The summed E-state index contributed by atoms with van der Waals surface area (Å²) in [5.74, 6) is -1.79. The van der Waals surface area contributed by atoms with Gasteiger partial charge in [0.25, 0.3) is 0 Å². The highest BCUT2D eigenvalue weighted by Gasteiger charge is 2.30. The maximum absolute atomic E-state index is 12.3. The van der Waals surface area contributed by atoms with Crippen LogP contribution in [0.15, 0.2) is 24.3 Å². The summed E-state index contributed by atoms with van der Waals surface area (Å²) in [5, 5.41) is -0.829. The molecule has 8 heteroatoms. The standard InChI is InChI=1S/C16H14Cl4O4/c1-7(2)5-23-15(21)9-10(16(22)24-6-8(3)4)12(18)14(20)13(19)11(9)17/h1,3,5-6H2,2,4H3. The summed E-state index contributed by atoms with van der Waals surface area (Å²) in [6, 6.07) is 0. The van der Waals surface area contributed by atoms with Crippen LogP contribution in [0.3, 0.4) is 0 Å². The van der Waals surface area contributed by atoms with Crippen molar-refractivity contribution in [2.24, 2.45) is 0 Å². The van der Waals surface area contributed by atoms with Crippen LogP contribution in [0.25, 0.3) is 0 Å². The fraction of sp³-hybridized carbons (Fsp3) is 0.250. The molecular formula is C16H14Cl4O4. The molecule has 130 valence electrons. The van der Waals surface area contributed by atoms with Crippen LogP contribution in [0.1, 0.15) is 34.6 Å². The van der Waals surface area contributed by atoms with E-state index in [4.69, 9.17) is 55.9 Å². The molecule has 1 rings (SSSR count). The molecule has 0 unspecified atom stereocenters. The zero-order valence-corrected chi connectivity index (χ0v) is 16.0. The average Bonchev–Trinajstić information content (AvgIpc) is 2.51. The van der Waals surface area contributed by atoms with E-state index in [1.165, 1.54) is 0 Å². The number of ether oxygens (including phenoxy) is 2. The molecular weight excluding hydrogens is 398 g/mol. The summed E-state index contributed by atoms with van der Waals surface area (Å²) in [6.07, 6.45) is 0. The molecule has 1 aromatic rings. The lowest BCUT2D eigenvalue weighted by Crippen LogP contribution is -2.17. The maximum atomic E-state index is 12.3. The van der Waals surface area contributed by atoms with Crippen LogP contribution in [0.4, 0.5) is 0 Å². The quantitative estimate of drug-likeness (QED) is 0.258. The average molecular weight is 412 g/mol. The SMILES string of the molecule is C=C(C)COC(=O)c1c(Cl)c(Cl)c(Cl)c(Cl)c1C(=O)OCC(=C)C. The van der Waals surface area contributed by atoms with Crippen molar-refractivity contribution < 1.29 is 19.1 Å². The van der Waals surface area contributed by atoms with Gasteiger partial charge in [0, 0.05) is 0 Å². The number of esters is 2. The molecule has 4 nitrogen and oxygen atoms in total. The van der Waals surface area contributed by atoms with Crippen LogP contribution in [-0.2, 0) is 9.47 Å². The number of carbonyl (C=O) groups is 2. The molecule has 0 aromatic heterocycles. The number of rotatable bonds is 6. The zero-order chi connectivity index (χ0) is 18.6. The van der Waals surface area contributed by atoms with Gasteiger partial charge in [-0.05, 0) is 25.0 Å². The van der Waals surface area contributed by atoms with Crippen LogP contribution in [0, 0.1) is 0 Å². The van der Waals surface area contributed by atoms with E-state index in [1.807, 2.05) is 0 Å². The highest BCUT2D eigenvalue weighted by molar-refractivity contribution is 6.54. The second-order valence-electron chi connectivity index (χ2n) is 5.07. The van der Waals surface area contributed by atoms with Gasteiger partial charge in [0.2, 0.25) is 0 Å². The van der Waals surface area contributed by atoms with Crippen molar-refractivity contribution in [3.05, 3.63) is 55.5 Å². The van der Waals surface area contributed by atoms with Gasteiger partial charge in [-0.25, -0.2) is 9.59 Å². The first-order valence-corrected chi connectivity index (χ1v) is 8.08. The van der Waals surface area contributed by atoms with Crippen molar-refractivity contribution in [2.75, 3.05) is 13.2 Å². The van der Waals surface area contributed by atoms with Crippen molar-refractivity contribution in [1.29, 1.82) is 0 Å². The molecule has 0 heterocycles. The van der Waals surface area contributed by atoms with Crippen LogP contribution < -0.4 is 0 Å². The Morgan fingerprint density at radius 2 is 1.04 bits per heavy atom. The topological polar surface area (TPSA) is 52.6 Å². The first-order chi connectivity index (χ1) is 11.1. The minimum Gasteiger partial charge on any atom is -0.458 e. The third kappa shape index (κ3) is 4.90. The van der Waals surface area contributed by atoms with Crippen molar-refractivity contribution in [1.82, 2.24) is 0 Å². The smallest absolute Gasteiger partial charge is 0.340 e. The Hall–Kier alpha value is -1.20. The van der Waals surface area contributed by atoms with Gasteiger partial charge >= 0.3 is 11.9 Å². The first-order valence-electron chi connectivity index (χ1n) is 6.56. The number of benzene rings is 1. The van der Waals surface area contributed by atoms with Crippen molar-refractivity contribution in [3.63, 3.8) is 0 Å². The molecule has 0 saturated heterocycles. The lowest BCUT2D eigenvalue weighted by atomic mass is 10.1. The van der Waals surface area contributed by atoms with Crippen LogP contribution in [0.5, 0.6) is 0 Å². The molecule has 0 aliphatic carbocycles. The number of carbonyl (C=O) groups excluding carboxylic acids is 2. The van der Waals surface area contributed by atoms with Crippen LogP contribution in [0.2, 0.25) is 20.1 Å². The van der Waals surface area contributed by atoms with Gasteiger partial charge in [-0.15, -0.1) is 0 Å². The summed E-state index contributed by atoms with van der Waals surface area (Å²) < 4.78 is 10.1. The predicted octanol–water partition coefficient (Wildman–Crippen LogP) is 5.77. The number of halogens is 4. The highest BCUT2D eigenvalue weighted by Crippen LogP contribution is 2.42. The molecule has 0 saturated carbocycles. The summed E-state index contributed by atoms with van der Waals surface area (Å²) in [4.78, 5) is 24.6. The Labute approximate surface area is 159 Å². The minimum atomic E-state index is -0.897. The zero-order valence-electron chi connectivity index (χ0n) is 13.0. The molecule has 1 aromatic carbocycles. The Morgan fingerprint density at radius 3 is 1.29 bits per heavy atom. The van der Waals surface area contributed by atoms with E-state index < -0.39 is 11.9 Å². The third-order valence-corrected chi connectivity index (χ3v) is 4.38. The fourth-order valence-electron chi connectivity index (χ4n) is 1.54. The van der Waals surface area contributed by atoms with Gasteiger partial charge in [0.05, 0.1) is 31.2 Å². The fourth-order valence-corrected chi connectivity index (χ4v) is 2.54. The van der Waals surface area contributed by atoms with Crippen molar-refractivity contribution in [3.8, 4) is 0 Å². The second-order valence-corrected chi connectivity index (χ2v) is 6.58. The summed E-state index contributed by atoms with van der Waals surface area (Å²) in [5.41, 5.74) is 0.558. The van der Waals surface area contributed by atoms with E-state index in [0.717, 1.165) is 0 Å². The van der Waals surface area contributed by atoms with Gasteiger partial charge in [-0.3, -0.25) is 0 Å². The largest absolute Gasteiger partial charge is 0.458 e. The highest BCUT2D eigenvalue weighted by atomic mass is 35.5. The van der Waals surface area contributed by atoms with Crippen LogP contribution >= 0.6 is 46.4 Å². The first kappa shape index (κ1) is 20.8.